The smallest absolute Gasteiger partial charge is 0.338 e. The highest BCUT2D eigenvalue weighted by Crippen LogP contribution is 2.29. The molecule has 0 saturated carbocycles. The Morgan fingerprint density at radius 1 is 1.08 bits per heavy atom. The molecule has 0 atom stereocenters. The topological polar surface area (TPSA) is 42.1 Å². The standard InChI is InChI=1S/C20H18FNO2/c21-15-8-5-13(6-9-15)12-24-20(23)14-7-10-19-17(11-14)16-3-1-2-4-18(16)22-19/h5-11,22H,1-4,12H2. The van der Waals surface area contributed by atoms with E-state index >= 15 is 0 Å². The predicted molar refractivity (Wildman–Crippen MR) is 90.5 cm³/mol. The number of H-pyrrole nitrogens is 1. The van der Waals surface area contributed by atoms with Crippen molar-refractivity contribution in [3.8, 4) is 0 Å². The SMILES string of the molecule is O=C(OCc1ccc(F)cc1)c1ccc2[nH]c3c(c2c1)CCCC3. The molecule has 0 saturated heterocycles. The van der Waals surface area contributed by atoms with E-state index in [2.05, 4.69) is 4.98 Å². The Kier molecular flexibility index (Phi) is 3.81. The number of benzene rings is 2. The fourth-order valence-corrected chi connectivity index (χ4v) is 3.35. The minimum atomic E-state index is -0.355. The summed E-state index contributed by atoms with van der Waals surface area (Å²) in [7, 11) is 0. The molecule has 122 valence electrons. The van der Waals surface area contributed by atoms with Gasteiger partial charge < -0.3 is 9.72 Å². The normalized spacial score (nSPS) is 13.7. The highest BCUT2D eigenvalue weighted by molar-refractivity contribution is 5.96. The van der Waals surface area contributed by atoms with Crippen LogP contribution in [0.25, 0.3) is 10.9 Å². The maximum atomic E-state index is 12.9. The van der Waals surface area contributed by atoms with Gasteiger partial charge in [-0.05, 0) is 67.1 Å². The second-order valence-corrected chi connectivity index (χ2v) is 6.25. The molecule has 0 spiro atoms. The number of ether oxygens (including phenoxy) is 1. The molecule has 1 aliphatic carbocycles. The predicted octanol–water partition coefficient (Wildman–Crippen LogP) is 4.54. The summed E-state index contributed by atoms with van der Waals surface area (Å²) in [5.74, 6) is -0.653. The molecule has 1 aliphatic rings. The van der Waals surface area contributed by atoms with Crippen LogP contribution in [-0.4, -0.2) is 11.0 Å². The third-order valence-electron chi connectivity index (χ3n) is 4.62. The van der Waals surface area contributed by atoms with Crippen LogP contribution < -0.4 is 0 Å². The summed E-state index contributed by atoms with van der Waals surface area (Å²) in [5.41, 5.74) is 5.04. The summed E-state index contributed by atoms with van der Waals surface area (Å²) in [5, 5.41) is 1.13. The van der Waals surface area contributed by atoms with Crippen molar-refractivity contribution in [2.75, 3.05) is 0 Å². The van der Waals surface area contributed by atoms with Crippen molar-refractivity contribution in [1.29, 1.82) is 0 Å². The summed E-state index contributed by atoms with van der Waals surface area (Å²) >= 11 is 0. The number of carbonyl (C=O) groups excluding carboxylic acids is 1. The van der Waals surface area contributed by atoms with E-state index in [4.69, 9.17) is 4.74 Å². The number of aromatic nitrogens is 1. The molecule has 0 unspecified atom stereocenters. The summed E-state index contributed by atoms with van der Waals surface area (Å²) in [6.45, 7) is 0.141. The Labute approximate surface area is 139 Å². The number of esters is 1. The number of hydrogen-bond acceptors (Lipinski definition) is 2. The number of hydrogen-bond donors (Lipinski definition) is 1. The van der Waals surface area contributed by atoms with Crippen molar-refractivity contribution < 1.29 is 13.9 Å². The zero-order valence-corrected chi connectivity index (χ0v) is 13.3. The van der Waals surface area contributed by atoms with Gasteiger partial charge in [0.1, 0.15) is 12.4 Å². The van der Waals surface area contributed by atoms with Crippen molar-refractivity contribution in [1.82, 2.24) is 4.98 Å². The van der Waals surface area contributed by atoms with Crippen molar-refractivity contribution in [3.05, 3.63) is 70.7 Å². The average molecular weight is 323 g/mol. The van der Waals surface area contributed by atoms with Gasteiger partial charge >= 0.3 is 5.97 Å². The highest BCUT2D eigenvalue weighted by atomic mass is 19.1. The second-order valence-electron chi connectivity index (χ2n) is 6.25. The summed E-state index contributed by atoms with van der Waals surface area (Å²) in [6.07, 6.45) is 4.54. The van der Waals surface area contributed by atoms with Crippen LogP contribution in [0.15, 0.2) is 42.5 Å². The van der Waals surface area contributed by atoms with Gasteiger partial charge in [0.25, 0.3) is 0 Å². The van der Waals surface area contributed by atoms with E-state index < -0.39 is 0 Å². The summed E-state index contributed by atoms with van der Waals surface area (Å²) in [4.78, 5) is 15.8. The van der Waals surface area contributed by atoms with Crippen molar-refractivity contribution >= 4 is 16.9 Å². The van der Waals surface area contributed by atoms with Gasteiger partial charge in [0.2, 0.25) is 0 Å². The molecule has 4 rings (SSSR count). The van der Waals surface area contributed by atoms with Crippen molar-refractivity contribution in [2.24, 2.45) is 0 Å². The first-order valence-corrected chi connectivity index (χ1v) is 8.26. The molecular formula is C20H18FNO2. The minimum Gasteiger partial charge on any atom is -0.457 e. The summed E-state index contributed by atoms with van der Waals surface area (Å²) < 4.78 is 18.2. The lowest BCUT2D eigenvalue weighted by molar-refractivity contribution is 0.0473. The third kappa shape index (κ3) is 2.80. The Hall–Kier alpha value is -2.62. The van der Waals surface area contributed by atoms with Gasteiger partial charge in [0.15, 0.2) is 0 Å². The van der Waals surface area contributed by atoms with Gasteiger partial charge in [0.05, 0.1) is 5.56 Å². The highest BCUT2D eigenvalue weighted by Gasteiger charge is 2.17. The minimum absolute atomic E-state index is 0.141. The molecule has 0 aliphatic heterocycles. The van der Waals surface area contributed by atoms with E-state index in [-0.39, 0.29) is 18.4 Å². The number of halogens is 1. The van der Waals surface area contributed by atoms with Crippen LogP contribution in [-0.2, 0) is 24.2 Å². The van der Waals surface area contributed by atoms with E-state index in [1.54, 1.807) is 18.2 Å². The zero-order chi connectivity index (χ0) is 16.5. The van der Waals surface area contributed by atoms with Crippen LogP contribution in [0.4, 0.5) is 4.39 Å². The Morgan fingerprint density at radius 2 is 1.88 bits per heavy atom. The van der Waals surface area contributed by atoms with E-state index in [1.165, 1.54) is 36.2 Å². The third-order valence-corrected chi connectivity index (χ3v) is 4.62. The first kappa shape index (κ1) is 14.9. The molecule has 1 N–H and O–H groups in total. The average Bonchev–Trinajstić information content (AvgIpc) is 2.99. The van der Waals surface area contributed by atoms with Crippen molar-refractivity contribution in [3.63, 3.8) is 0 Å². The first-order chi connectivity index (χ1) is 11.7. The first-order valence-electron chi connectivity index (χ1n) is 8.26. The van der Waals surface area contributed by atoms with Gasteiger partial charge in [-0.25, -0.2) is 9.18 Å². The number of fused-ring (bicyclic) bond motifs is 3. The van der Waals surface area contributed by atoms with E-state index in [9.17, 15) is 9.18 Å². The fraction of sp³-hybridized carbons (Fsp3) is 0.250. The molecule has 1 heterocycles. The van der Waals surface area contributed by atoms with Crippen LogP contribution in [0, 0.1) is 5.82 Å². The molecule has 2 aromatic carbocycles. The summed E-state index contributed by atoms with van der Waals surface area (Å²) in [6, 6.07) is 11.6. The van der Waals surface area contributed by atoms with Crippen LogP contribution in [0.2, 0.25) is 0 Å². The lowest BCUT2D eigenvalue weighted by Crippen LogP contribution is -2.05. The largest absolute Gasteiger partial charge is 0.457 e. The van der Waals surface area contributed by atoms with Crippen molar-refractivity contribution in [2.45, 2.75) is 32.3 Å². The number of rotatable bonds is 3. The van der Waals surface area contributed by atoms with Crippen LogP contribution in [0.3, 0.4) is 0 Å². The molecule has 1 aromatic heterocycles. The molecular weight excluding hydrogens is 305 g/mol. The van der Waals surface area contributed by atoms with Gasteiger partial charge in [-0.2, -0.15) is 0 Å². The van der Waals surface area contributed by atoms with Crippen LogP contribution in [0.5, 0.6) is 0 Å². The van der Waals surface area contributed by atoms with E-state index in [0.717, 1.165) is 29.3 Å². The number of carbonyl (C=O) groups is 1. The molecule has 0 amide bonds. The Bertz CT molecular complexity index is 896. The molecule has 0 radical (unpaired) electrons. The second kappa shape index (κ2) is 6.11. The maximum absolute atomic E-state index is 12.9. The van der Waals surface area contributed by atoms with Crippen LogP contribution in [0.1, 0.15) is 40.0 Å². The zero-order valence-electron chi connectivity index (χ0n) is 13.3. The maximum Gasteiger partial charge on any atom is 0.338 e. The molecule has 4 heteroatoms. The number of aromatic amines is 1. The number of aryl methyl sites for hydroxylation is 2. The Morgan fingerprint density at radius 3 is 2.71 bits per heavy atom. The Balaban J connectivity index is 1.54. The molecule has 0 bridgehead atoms. The van der Waals surface area contributed by atoms with E-state index in [0.29, 0.717) is 5.56 Å². The lowest BCUT2D eigenvalue weighted by atomic mass is 9.95. The molecule has 3 nitrogen and oxygen atoms in total. The van der Waals surface area contributed by atoms with E-state index in [1.807, 2.05) is 12.1 Å². The lowest BCUT2D eigenvalue weighted by Gasteiger charge is -2.10. The number of nitrogens with one attached hydrogen (secondary N) is 1. The monoisotopic (exact) mass is 323 g/mol. The molecule has 0 fully saturated rings. The fourth-order valence-electron chi connectivity index (χ4n) is 3.35. The molecule has 24 heavy (non-hydrogen) atoms. The quantitative estimate of drug-likeness (QED) is 0.719. The van der Waals surface area contributed by atoms with Gasteiger partial charge in [-0.1, -0.05) is 12.1 Å². The van der Waals surface area contributed by atoms with Gasteiger partial charge in [-0.3, -0.25) is 0 Å². The van der Waals surface area contributed by atoms with Gasteiger partial charge in [-0.15, -0.1) is 0 Å². The molecule has 3 aromatic rings. The van der Waals surface area contributed by atoms with Crippen LogP contribution >= 0.6 is 0 Å². The van der Waals surface area contributed by atoms with Gasteiger partial charge in [0, 0.05) is 16.6 Å².